The predicted molar refractivity (Wildman–Crippen MR) is 109 cm³/mol. The summed E-state index contributed by atoms with van der Waals surface area (Å²) in [4.78, 5) is -0.0987. The summed E-state index contributed by atoms with van der Waals surface area (Å²) in [7, 11) is -4.25. The van der Waals surface area contributed by atoms with Crippen molar-refractivity contribution in [1.82, 2.24) is 0 Å². The molecule has 3 aromatic rings. The van der Waals surface area contributed by atoms with E-state index >= 15 is 0 Å². The van der Waals surface area contributed by atoms with Gasteiger partial charge in [0.25, 0.3) is 10.1 Å². The summed E-state index contributed by atoms with van der Waals surface area (Å²) in [5.74, 6) is 0. The van der Waals surface area contributed by atoms with Crippen molar-refractivity contribution in [3.05, 3.63) is 90.0 Å². The van der Waals surface area contributed by atoms with E-state index in [0.717, 1.165) is 16.7 Å². The van der Waals surface area contributed by atoms with Crippen molar-refractivity contribution in [3.63, 3.8) is 0 Å². The molecule has 122 valence electrons. The van der Waals surface area contributed by atoms with Crippen LogP contribution in [0.5, 0.6) is 0 Å². The Morgan fingerprint density at radius 1 is 0.654 bits per heavy atom. The molecule has 0 aliphatic heterocycles. The Kier molecular flexibility index (Phi) is 9.51. The van der Waals surface area contributed by atoms with E-state index in [-0.39, 0.29) is 64.0 Å². The van der Waals surface area contributed by atoms with Crippen molar-refractivity contribution >= 4 is 81.4 Å². The summed E-state index contributed by atoms with van der Waals surface area (Å²) >= 11 is 0. The first-order valence-electron chi connectivity index (χ1n) is 7.45. The standard InChI is InChI=1S/C20H16O3S.2Na/c21-24(22,23)20-13-7-5-11-18(20)15-14-17-10-4-6-12-19(17)16-8-2-1-3-9-16;;/h1-15H,(H,21,22,23);;. The molecule has 0 amide bonds. The van der Waals surface area contributed by atoms with Crippen LogP contribution in [0.3, 0.4) is 0 Å². The second-order valence-corrected chi connectivity index (χ2v) is 6.69. The van der Waals surface area contributed by atoms with Crippen LogP contribution in [0.25, 0.3) is 23.3 Å². The third-order valence-corrected chi connectivity index (χ3v) is 4.61. The van der Waals surface area contributed by atoms with Gasteiger partial charge < -0.3 is 0 Å². The number of hydrogen-bond donors (Lipinski definition) is 1. The molecule has 1 N–H and O–H groups in total. The fourth-order valence-corrected chi connectivity index (χ4v) is 3.24. The summed E-state index contributed by atoms with van der Waals surface area (Å²) in [5.41, 5.74) is 3.55. The van der Waals surface area contributed by atoms with Gasteiger partial charge in [-0.05, 0) is 28.3 Å². The molecule has 2 radical (unpaired) electrons. The van der Waals surface area contributed by atoms with Gasteiger partial charge in [-0.25, -0.2) is 0 Å². The summed E-state index contributed by atoms with van der Waals surface area (Å²) in [6, 6.07) is 24.2. The molecule has 0 spiro atoms. The van der Waals surface area contributed by atoms with Gasteiger partial charge >= 0.3 is 0 Å². The maximum Gasteiger partial charge on any atom is 0.295 e. The molecule has 26 heavy (non-hydrogen) atoms. The molecular formula is C20H16Na2O3S. The molecule has 0 aliphatic rings. The van der Waals surface area contributed by atoms with Gasteiger partial charge in [-0.15, -0.1) is 0 Å². The molecule has 0 fully saturated rings. The zero-order valence-electron chi connectivity index (χ0n) is 14.8. The summed E-state index contributed by atoms with van der Waals surface area (Å²) in [5, 5.41) is 0. The molecule has 0 aromatic heterocycles. The third-order valence-electron chi connectivity index (χ3n) is 3.68. The Hall–Kier alpha value is -0.690. The van der Waals surface area contributed by atoms with Crippen LogP contribution in [0.15, 0.2) is 83.8 Å². The first kappa shape index (κ1) is 23.3. The van der Waals surface area contributed by atoms with Crippen molar-refractivity contribution in [2.45, 2.75) is 4.90 Å². The van der Waals surface area contributed by atoms with E-state index in [1.54, 1.807) is 24.3 Å². The van der Waals surface area contributed by atoms with E-state index in [1.807, 2.05) is 60.7 Å². The van der Waals surface area contributed by atoms with Crippen LogP contribution < -0.4 is 0 Å². The molecule has 0 aliphatic carbocycles. The van der Waals surface area contributed by atoms with Crippen LogP contribution in [0.4, 0.5) is 0 Å². The Labute approximate surface area is 198 Å². The maximum absolute atomic E-state index is 11.5. The van der Waals surface area contributed by atoms with Crippen molar-refractivity contribution in [1.29, 1.82) is 0 Å². The fourth-order valence-electron chi connectivity index (χ4n) is 2.56. The van der Waals surface area contributed by atoms with Crippen molar-refractivity contribution in [3.8, 4) is 11.1 Å². The quantitative estimate of drug-likeness (QED) is 0.421. The zero-order valence-corrected chi connectivity index (χ0v) is 19.6. The Bertz CT molecular complexity index is 985. The minimum atomic E-state index is -4.25. The molecule has 0 saturated heterocycles. The minimum Gasteiger partial charge on any atom is -0.282 e. The molecule has 0 atom stereocenters. The normalized spacial score (nSPS) is 10.8. The molecular weight excluding hydrogens is 366 g/mol. The maximum atomic E-state index is 11.5. The van der Waals surface area contributed by atoms with E-state index in [1.165, 1.54) is 6.07 Å². The van der Waals surface area contributed by atoms with E-state index in [0.29, 0.717) is 5.56 Å². The van der Waals surface area contributed by atoms with Gasteiger partial charge in [0.2, 0.25) is 0 Å². The topological polar surface area (TPSA) is 54.4 Å². The van der Waals surface area contributed by atoms with Crippen molar-refractivity contribution in [2.24, 2.45) is 0 Å². The molecule has 3 nitrogen and oxygen atoms in total. The second-order valence-electron chi connectivity index (χ2n) is 5.30. The summed E-state index contributed by atoms with van der Waals surface area (Å²) < 4.78 is 32.3. The summed E-state index contributed by atoms with van der Waals surface area (Å²) in [6.07, 6.45) is 3.55. The van der Waals surface area contributed by atoms with Crippen LogP contribution in [0, 0.1) is 0 Å². The van der Waals surface area contributed by atoms with Gasteiger partial charge in [0.15, 0.2) is 0 Å². The Morgan fingerprint density at radius 3 is 1.81 bits per heavy atom. The van der Waals surface area contributed by atoms with Crippen LogP contribution in [0.1, 0.15) is 11.1 Å². The Morgan fingerprint density at radius 2 is 1.15 bits per heavy atom. The minimum absolute atomic E-state index is 0. The van der Waals surface area contributed by atoms with Gasteiger partial charge in [0.1, 0.15) is 4.90 Å². The first-order chi connectivity index (χ1) is 11.6. The molecule has 0 heterocycles. The largest absolute Gasteiger partial charge is 0.295 e. The number of rotatable bonds is 4. The van der Waals surface area contributed by atoms with Gasteiger partial charge in [-0.1, -0.05) is 84.9 Å². The average Bonchev–Trinajstić information content (AvgIpc) is 2.60. The molecule has 0 saturated carbocycles. The Balaban J connectivity index is 0.00000169. The fraction of sp³-hybridized carbons (Fsp3) is 0. The van der Waals surface area contributed by atoms with E-state index in [9.17, 15) is 13.0 Å². The first-order valence-corrected chi connectivity index (χ1v) is 8.89. The molecule has 3 aromatic carbocycles. The van der Waals surface area contributed by atoms with Crippen molar-refractivity contribution < 1.29 is 13.0 Å². The SMILES string of the molecule is O=S(=O)(O)c1ccccc1C=Cc1ccccc1-c1ccccc1.[Na].[Na]. The molecule has 6 heteroatoms. The van der Waals surface area contributed by atoms with Crippen molar-refractivity contribution in [2.75, 3.05) is 0 Å². The zero-order chi connectivity index (χ0) is 17.0. The van der Waals surface area contributed by atoms with E-state index in [4.69, 9.17) is 0 Å². The van der Waals surface area contributed by atoms with Crippen LogP contribution >= 0.6 is 0 Å². The predicted octanol–water partition coefficient (Wildman–Crippen LogP) is 4.01. The van der Waals surface area contributed by atoms with Gasteiger partial charge in [0.05, 0.1) is 0 Å². The number of hydrogen-bond acceptors (Lipinski definition) is 2. The smallest absolute Gasteiger partial charge is 0.282 e. The second kappa shape index (κ2) is 10.6. The van der Waals surface area contributed by atoms with Crippen LogP contribution in [-0.4, -0.2) is 72.1 Å². The number of benzene rings is 3. The van der Waals surface area contributed by atoms with Crippen LogP contribution in [0.2, 0.25) is 0 Å². The third kappa shape index (κ3) is 5.91. The summed E-state index contributed by atoms with van der Waals surface area (Å²) in [6.45, 7) is 0. The monoisotopic (exact) mass is 382 g/mol. The van der Waals surface area contributed by atoms with Gasteiger partial charge in [-0.3, -0.25) is 4.55 Å². The average molecular weight is 382 g/mol. The van der Waals surface area contributed by atoms with E-state index in [2.05, 4.69) is 0 Å². The molecule has 3 rings (SSSR count). The van der Waals surface area contributed by atoms with Gasteiger partial charge in [-0.2, -0.15) is 8.42 Å². The van der Waals surface area contributed by atoms with Crippen LogP contribution in [-0.2, 0) is 10.1 Å². The molecule has 0 bridgehead atoms. The van der Waals surface area contributed by atoms with E-state index < -0.39 is 10.1 Å². The van der Waals surface area contributed by atoms with Gasteiger partial charge in [0, 0.05) is 59.1 Å². The molecule has 0 unspecified atom stereocenters.